The maximum Gasteiger partial charge on any atom is 0.409 e. The average Bonchev–Trinajstić information content (AvgIpc) is 2.49. The van der Waals surface area contributed by atoms with Gasteiger partial charge in [0.15, 0.2) is 5.96 Å². The first-order valence-corrected chi connectivity index (χ1v) is 9.74. The fourth-order valence-corrected chi connectivity index (χ4v) is 3.64. The zero-order valence-corrected chi connectivity index (χ0v) is 18.6. The van der Waals surface area contributed by atoms with Gasteiger partial charge >= 0.3 is 6.09 Å². The van der Waals surface area contributed by atoms with Gasteiger partial charge in [-0.1, -0.05) is 0 Å². The zero-order chi connectivity index (χ0) is 18.4. The van der Waals surface area contributed by atoms with Crippen molar-refractivity contribution in [3.8, 4) is 0 Å². The number of guanidine groups is 1. The first kappa shape index (κ1) is 24.2. The van der Waals surface area contributed by atoms with E-state index in [9.17, 15) is 13.2 Å². The van der Waals surface area contributed by atoms with Crippen LogP contribution in [0, 0.1) is 0 Å². The summed E-state index contributed by atoms with van der Waals surface area (Å²) in [6, 6.07) is 0.197. The molecule has 1 aliphatic heterocycles. The lowest BCUT2D eigenvalue weighted by molar-refractivity contribution is 0.111. The van der Waals surface area contributed by atoms with E-state index in [1.807, 2.05) is 0 Å². The Hall–Kier alpha value is -0.820. The number of hydrogen-bond acceptors (Lipinski definition) is 5. The van der Waals surface area contributed by atoms with Gasteiger partial charge in [0.2, 0.25) is 10.0 Å². The Bertz CT molecular complexity index is 560. The van der Waals surface area contributed by atoms with Crippen LogP contribution in [0.1, 0.15) is 26.7 Å². The molecular formula is C14H30IN5O4S. The molecule has 0 aromatic heterocycles. The van der Waals surface area contributed by atoms with Gasteiger partial charge in [-0.15, -0.1) is 24.0 Å². The molecule has 0 spiro atoms. The molecule has 1 rings (SSSR count). The molecule has 1 fully saturated rings. The third-order valence-electron chi connectivity index (χ3n) is 3.65. The molecular weight excluding hydrogens is 461 g/mol. The van der Waals surface area contributed by atoms with Crippen LogP contribution in [-0.2, 0) is 14.8 Å². The van der Waals surface area contributed by atoms with Gasteiger partial charge in [-0.25, -0.2) is 17.9 Å². The van der Waals surface area contributed by atoms with E-state index >= 15 is 0 Å². The summed E-state index contributed by atoms with van der Waals surface area (Å²) in [5.74, 6) is 0.606. The minimum Gasteiger partial charge on any atom is -0.453 e. The molecule has 1 saturated heterocycles. The standard InChI is InChI=1S/C14H29N5O4S.HI/c1-14(2,18-24(5,21)22)10-16-12(15-3)17-11-6-8-19(9-7-11)13(20)23-4;/h11,18H,6-10H2,1-5H3,(H2,15,16,17);1H. The van der Waals surface area contributed by atoms with Crippen molar-refractivity contribution in [3.05, 3.63) is 0 Å². The van der Waals surface area contributed by atoms with E-state index in [1.165, 1.54) is 7.11 Å². The quantitative estimate of drug-likeness (QED) is 0.290. The van der Waals surface area contributed by atoms with Gasteiger partial charge in [0.05, 0.1) is 13.4 Å². The molecule has 0 atom stereocenters. The van der Waals surface area contributed by atoms with Crippen LogP contribution in [0.25, 0.3) is 0 Å². The second-order valence-corrected chi connectivity index (χ2v) is 8.31. The first-order valence-electron chi connectivity index (χ1n) is 7.85. The highest BCUT2D eigenvalue weighted by Crippen LogP contribution is 2.11. The molecule has 1 heterocycles. The molecule has 1 amide bonds. The van der Waals surface area contributed by atoms with Gasteiger partial charge in [0, 0.05) is 38.3 Å². The number of nitrogens with one attached hydrogen (secondary N) is 3. The summed E-state index contributed by atoms with van der Waals surface area (Å²) in [7, 11) is -0.238. The predicted molar refractivity (Wildman–Crippen MR) is 109 cm³/mol. The van der Waals surface area contributed by atoms with Gasteiger partial charge in [-0.2, -0.15) is 0 Å². The molecule has 0 aromatic carbocycles. The van der Waals surface area contributed by atoms with Gasteiger partial charge in [0.1, 0.15) is 0 Å². The number of amides is 1. The number of ether oxygens (including phenoxy) is 1. The molecule has 148 valence electrons. The smallest absolute Gasteiger partial charge is 0.409 e. The van der Waals surface area contributed by atoms with Crippen molar-refractivity contribution in [2.45, 2.75) is 38.3 Å². The zero-order valence-electron chi connectivity index (χ0n) is 15.5. The highest BCUT2D eigenvalue weighted by molar-refractivity contribution is 14.0. The van der Waals surface area contributed by atoms with E-state index in [2.05, 4.69) is 20.3 Å². The van der Waals surface area contributed by atoms with E-state index in [4.69, 9.17) is 4.74 Å². The third-order valence-corrected chi connectivity index (χ3v) is 4.58. The number of aliphatic imine (C=N–C) groups is 1. The Morgan fingerprint density at radius 1 is 1.32 bits per heavy atom. The third kappa shape index (κ3) is 9.45. The van der Waals surface area contributed by atoms with Crippen molar-refractivity contribution in [3.63, 3.8) is 0 Å². The maximum absolute atomic E-state index is 11.5. The maximum atomic E-state index is 11.5. The average molecular weight is 491 g/mol. The van der Waals surface area contributed by atoms with Gasteiger partial charge in [-0.05, 0) is 26.7 Å². The molecule has 11 heteroatoms. The number of halogens is 1. The summed E-state index contributed by atoms with van der Waals surface area (Å²) in [5, 5.41) is 6.43. The lowest BCUT2D eigenvalue weighted by atomic mass is 10.1. The minimum atomic E-state index is -3.28. The Kier molecular flexibility index (Phi) is 10.0. The van der Waals surface area contributed by atoms with E-state index in [0.29, 0.717) is 25.6 Å². The van der Waals surface area contributed by atoms with Crippen LogP contribution < -0.4 is 15.4 Å². The number of carbonyl (C=O) groups is 1. The molecule has 3 N–H and O–H groups in total. The minimum absolute atomic E-state index is 0. The van der Waals surface area contributed by atoms with Crippen LogP contribution in [0.2, 0.25) is 0 Å². The van der Waals surface area contributed by atoms with Crippen molar-refractivity contribution >= 4 is 46.1 Å². The lowest BCUT2D eigenvalue weighted by Gasteiger charge is -2.33. The number of piperidine rings is 1. The number of methoxy groups -OCH3 is 1. The Balaban J connectivity index is 0.00000576. The normalized spacial score (nSPS) is 16.8. The second-order valence-electron chi connectivity index (χ2n) is 6.56. The van der Waals surface area contributed by atoms with Crippen LogP contribution in [0.3, 0.4) is 0 Å². The monoisotopic (exact) mass is 491 g/mol. The second kappa shape index (κ2) is 10.4. The molecule has 0 bridgehead atoms. The van der Waals surface area contributed by atoms with Crippen molar-refractivity contribution < 1.29 is 17.9 Å². The molecule has 9 nitrogen and oxygen atoms in total. The number of nitrogens with zero attached hydrogens (tertiary/aromatic N) is 2. The first-order chi connectivity index (χ1) is 11.1. The highest BCUT2D eigenvalue weighted by atomic mass is 127. The Morgan fingerprint density at radius 2 is 1.88 bits per heavy atom. The van der Waals surface area contributed by atoms with E-state index < -0.39 is 15.6 Å². The molecule has 0 aliphatic carbocycles. The molecule has 0 saturated carbocycles. The highest BCUT2D eigenvalue weighted by Gasteiger charge is 2.25. The lowest BCUT2D eigenvalue weighted by Crippen LogP contribution is -2.55. The van der Waals surface area contributed by atoms with Crippen molar-refractivity contribution in [1.82, 2.24) is 20.3 Å². The van der Waals surface area contributed by atoms with Gasteiger partial charge in [-0.3, -0.25) is 4.99 Å². The summed E-state index contributed by atoms with van der Waals surface area (Å²) in [4.78, 5) is 17.3. The van der Waals surface area contributed by atoms with Gasteiger partial charge < -0.3 is 20.3 Å². The summed E-state index contributed by atoms with van der Waals surface area (Å²) in [5.41, 5.74) is -0.639. The molecule has 1 aliphatic rings. The predicted octanol–water partition coefficient (Wildman–Crippen LogP) is 0.328. The summed E-state index contributed by atoms with van der Waals surface area (Å²) in [6.07, 6.45) is 2.42. The Morgan fingerprint density at radius 3 is 2.32 bits per heavy atom. The van der Waals surface area contributed by atoms with Crippen LogP contribution in [0.4, 0.5) is 4.79 Å². The summed E-state index contributed by atoms with van der Waals surface area (Å²) >= 11 is 0. The summed E-state index contributed by atoms with van der Waals surface area (Å²) in [6.45, 7) is 5.23. The number of likely N-dealkylation sites (tertiary alicyclic amines) is 1. The fourth-order valence-electron chi connectivity index (χ4n) is 2.57. The topological polar surface area (TPSA) is 112 Å². The molecule has 0 aromatic rings. The van der Waals surface area contributed by atoms with Crippen molar-refractivity contribution in [2.24, 2.45) is 4.99 Å². The number of hydrogen-bond donors (Lipinski definition) is 3. The SMILES string of the molecule is CN=C(NCC(C)(C)NS(C)(=O)=O)NC1CCN(C(=O)OC)CC1.I. The van der Waals surface area contributed by atoms with Crippen molar-refractivity contribution in [2.75, 3.05) is 40.0 Å². The molecule has 25 heavy (non-hydrogen) atoms. The molecule has 0 unspecified atom stereocenters. The number of sulfonamides is 1. The van der Waals surface area contributed by atoms with Gasteiger partial charge in [0.25, 0.3) is 0 Å². The van der Waals surface area contributed by atoms with Crippen LogP contribution in [0.5, 0.6) is 0 Å². The van der Waals surface area contributed by atoms with E-state index in [1.54, 1.807) is 25.8 Å². The number of carbonyl (C=O) groups excluding carboxylic acids is 1. The van der Waals surface area contributed by atoms with Crippen LogP contribution >= 0.6 is 24.0 Å². The fraction of sp³-hybridized carbons (Fsp3) is 0.857. The Labute approximate surface area is 167 Å². The largest absolute Gasteiger partial charge is 0.453 e. The van der Waals surface area contributed by atoms with E-state index in [-0.39, 0.29) is 36.1 Å². The van der Waals surface area contributed by atoms with Crippen LogP contribution in [-0.4, -0.2) is 77.0 Å². The van der Waals surface area contributed by atoms with Crippen LogP contribution in [0.15, 0.2) is 4.99 Å². The van der Waals surface area contributed by atoms with Crippen molar-refractivity contribution in [1.29, 1.82) is 0 Å². The van der Waals surface area contributed by atoms with E-state index in [0.717, 1.165) is 19.1 Å². The molecule has 0 radical (unpaired) electrons. The summed E-state index contributed by atoms with van der Waals surface area (Å²) < 4.78 is 30.0. The number of rotatable bonds is 5.